The van der Waals surface area contributed by atoms with Crippen molar-refractivity contribution in [2.24, 2.45) is 7.05 Å². The Morgan fingerprint density at radius 2 is 1.66 bits per heavy atom. The molecule has 6 nitrogen and oxygen atoms in total. The van der Waals surface area contributed by atoms with E-state index in [1.165, 1.54) is 0 Å². The Morgan fingerprint density at radius 1 is 1.06 bits per heavy atom. The smallest absolute Gasteiger partial charge is 0.245 e. The van der Waals surface area contributed by atoms with Crippen molar-refractivity contribution in [3.8, 4) is 0 Å². The molecule has 0 unspecified atom stereocenters. The second-order valence-corrected chi connectivity index (χ2v) is 10.2. The molecule has 1 aromatic heterocycles. The quantitative estimate of drug-likeness (QED) is 0.657. The summed E-state index contributed by atoms with van der Waals surface area (Å²) in [6, 6.07) is 16.6. The van der Waals surface area contributed by atoms with Gasteiger partial charge in [0.2, 0.25) is 5.91 Å². The molecular formula is C25H26N4O2S. The molecule has 0 saturated carbocycles. The normalized spacial score (nSPS) is 26.6. The Hall–Kier alpha value is -2.61. The summed E-state index contributed by atoms with van der Waals surface area (Å²) in [5, 5.41) is 11.4. The molecule has 164 valence electrons. The first kappa shape index (κ1) is 20.0. The van der Waals surface area contributed by atoms with E-state index in [4.69, 9.17) is 0 Å². The maximum Gasteiger partial charge on any atom is 0.245 e. The molecule has 4 heterocycles. The molecule has 0 radical (unpaired) electrons. The molecule has 1 amide bonds. The number of benzene rings is 2. The number of aliphatic hydroxyl groups is 1. The topological polar surface area (TPSA) is 61.6 Å². The molecule has 3 aliphatic rings. The molecule has 3 aliphatic heterocycles. The number of aromatic nitrogens is 2. The summed E-state index contributed by atoms with van der Waals surface area (Å²) in [7, 11) is 1.93. The highest BCUT2D eigenvalue weighted by atomic mass is 32.2. The maximum atomic E-state index is 13.8. The number of nitrogens with zero attached hydrogens (tertiary/aromatic N) is 4. The fraction of sp³-hybridized carbons (Fsp3) is 0.360. The number of fused-ring (bicyclic) bond motifs is 4. The summed E-state index contributed by atoms with van der Waals surface area (Å²) in [5.41, 5.74) is 0.982. The van der Waals surface area contributed by atoms with E-state index in [-0.39, 0.29) is 18.0 Å². The molecule has 3 aromatic rings. The summed E-state index contributed by atoms with van der Waals surface area (Å²) < 4.78 is 1.92. The number of imidazole rings is 1. The molecule has 6 rings (SSSR count). The van der Waals surface area contributed by atoms with Crippen molar-refractivity contribution in [3.05, 3.63) is 66.7 Å². The zero-order valence-electron chi connectivity index (χ0n) is 18.0. The number of hydrogen-bond acceptors (Lipinski definition) is 5. The van der Waals surface area contributed by atoms with Gasteiger partial charge in [0.25, 0.3) is 0 Å². The van der Waals surface area contributed by atoms with Gasteiger partial charge in [0, 0.05) is 41.3 Å². The monoisotopic (exact) mass is 446 g/mol. The third-order valence-corrected chi connectivity index (χ3v) is 8.28. The van der Waals surface area contributed by atoms with Crippen molar-refractivity contribution in [2.45, 2.75) is 53.2 Å². The van der Waals surface area contributed by atoms with Crippen LogP contribution in [0.2, 0.25) is 0 Å². The van der Waals surface area contributed by atoms with Crippen LogP contribution in [0.5, 0.6) is 0 Å². The second-order valence-electron chi connectivity index (χ2n) is 9.13. The Morgan fingerprint density at radius 3 is 2.22 bits per heavy atom. The fourth-order valence-corrected chi connectivity index (χ4v) is 6.83. The minimum Gasteiger partial charge on any atom is -0.382 e. The number of amides is 1. The molecule has 1 N–H and O–H groups in total. The van der Waals surface area contributed by atoms with Crippen molar-refractivity contribution in [1.82, 2.24) is 14.5 Å². The van der Waals surface area contributed by atoms with Gasteiger partial charge in [0.15, 0.2) is 0 Å². The van der Waals surface area contributed by atoms with Crippen LogP contribution in [0.4, 0.5) is 11.4 Å². The van der Waals surface area contributed by atoms with Crippen LogP contribution in [0.1, 0.15) is 31.5 Å². The number of anilines is 2. The third kappa shape index (κ3) is 3.10. The first-order valence-corrected chi connectivity index (χ1v) is 12.0. The van der Waals surface area contributed by atoms with Crippen molar-refractivity contribution in [3.63, 3.8) is 0 Å². The van der Waals surface area contributed by atoms with Gasteiger partial charge in [-0.05, 0) is 49.9 Å². The Kier molecular flexibility index (Phi) is 4.68. The number of carbonyl (C=O) groups is 1. The second kappa shape index (κ2) is 7.47. The van der Waals surface area contributed by atoms with Crippen molar-refractivity contribution >= 4 is 29.0 Å². The minimum atomic E-state index is -0.926. The molecule has 32 heavy (non-hydrogen) atoms. The highest BCUT2D eigenvalue weighted by Crippen LogP contribution is 2.49. The zero-order valence-corrected chi connectivity index (χ0v) is 18.8. The molecule has 2 atom stereocenters. The number of hydrogen-bond donors (Lipinski definition) is 1. The van der Waals surface area contributed by atoms with Crippen molar-refractivity contribution < 1.29 is 9.90 Å². The number of para-hydroxylation sites is 2. The van der Waals surface area contributed by atoms with Crippen LogP contribution in [0.15, 0.2) is 70.7 Å². The fourth-order valence-electron chi connectivity index (χ4n) is 5.77. The van der Waals surface area contributed by atoms with E-state index in [0.29, 0.717) is 19.4 Å². The highest BCUT2D eigenvalue weighted by Gasteiger charge is 2.50. The molecule has 2 saturated heterocycles. The van der Waals surface area contributed by atoms with Crippen LogP contribution in [0.3, 0.4) is 0 Å². The highest BCUT2D eigenvalue weighted by molar-refractivity contribution is 7.99. The average molecular weight is 447 g/mol. The molecule has 2 bridgehead atoms. The summed E-state index contributed by atoms with van der Waals surface area (Å²) >= 11 is 1.71. The van der Waals surface area contributed by atoms with Crippen LogP contribution in [0, 0.1) is 0 Å². The van der Waals surface area contributed by atoms with Crippen molar-refractivity contribution in [1.29, 1.82) is 0 Å². The predicted molar refractivity (Wildman–Crippen MR) is 124 cm³/mol. The first-order valence-electron chi connectivity index (χ1n) is 11.2. The van der Waals surface area contributed by atoms with Gasteiger partial charge in [-0.25, -0.2) is 4.98 Å². The maximum absolute atomic E-state index is 13.8. The Labute approximate surface area is 191 Å². The molecule has 0 spiro atoms. The van der Waals surface area contributed by atoms with Crippen LogP contribution < -0.4 is 4.90 Å². The van der Waals surface area contributed by atoms with Crippen molar-refractivity contribution in [2.75, 3.05) is 11.4 Å². The van der Waals surface area contributed by atoms with E-state index in [0.717, 1.165) is 39.8 Å². The van der Waals surface area contributed by atoms with Gasteiger partial charge in [-0.15, -0.1) is 0 Å². The molecule has 2 fully saturated rings. The minimum absolute atomic E-state index is 0.0875. The average Bonchev–Trinajstić information content (AvgIpc) is 3.33. The van der Waals surface area contributed by atoms with Crippen LogP contribution in [0.25, 0.3) is 0 Å². The van der Waals surface area contributed by atoms with Crippen LogP contribution in [-0.4, -0.2) is 44.1 Å². The number of piperidine rings is 1. The first-order chi connectivity index (χ1) is 15.5. The van der Waals surface area contributed by atoms with Gasteiger partial charge in [0.05, 0.1) is 17.9 Å². The van der Waals surface area contributed by atoms with E-state index < -0.39 is 5.60 Å². The molecular weight excluding hydrogens is 420 g/mol. The van der Waals surface area contributed by atoms with Gasteiger partial charge in [-0.3, -0.25) is 14.6 Å². The van der Waals surface area contributed by atoms with Gasteiger partial charge < -0.3 is 9.67 Å². The Bertz CT molecular complexity index is 1130. The third-order valence-electron chi connectivity index (χ3n) is 7.15. The van der Waals surface area contributed by atoms with E-state index in [1.54, 1.807) is 18.0 Å². The lowest BCUT2D eigenvalue weighted by atomic mass is 9.85. The molecule has 0 aliphatic carbocycles. The van der Waals surface area contributed by atoms with Crippen LogP contribution >= 0.6 is 11.8 Å². The van der Waals surface area contributed by atoms with Gasteiger partial charge >= 0.3 is 0 Å². The number of rotatable bonds is 3. The van der Waals surface area contributed by atoms with E-state index in [9.17, 15) is 9.90 Å². The van der Waals surface area contributed by atoms with E-state index in [1.807, 2.05) is 59.1 Å². The number of carbonyl (C=O) groups excluding carboxylic acids is 1. The largest absolute Gasteiger partial charge is 0.382 e. The SMILES string of the molecule is Cn1ccnc1C1(O)C[C@@H]2CC[C@@H](C1)N2CC(=O)N1c2ccccc2Sc2ccccc21. The summed E-state index contributed by atoms with van der Waals surface area (Å²) in [6.45, 7) is 0.360. The van der Waals surface area contributed by atoms with Gasteiger partial charge in [-0.2, -0.15) is 0 Å². The lowest BCUT2D eigenvalue weighted by Gasteiger charge is -2.43. The summed E-state index contributed by atoms with van der Waals surface area (Å²) in [5.74, 6) is 0.820. The lowest BCUT2D eigenvalue weighted by molar-refractivity contribution is -0.123. The number of aryl methyl sites for hydroxylation is 1. The molecule has 2 aromatic carbocycles. The van der Waals surface area contributed by atoms with Gasteiger partial charge in [-0.1, -0.05) is 36.0 Å². The predicted octanol–water partition coefficient (Wildman–Crippen LogP) is 4.06. The van der Waals surface area contributed by atoms with Crippen LogP contribution in [-0.2, 0) is 17.4 Å². The zero-order chi connectivity index (χ0) is 21.9. The standard InChI is InChI=1S/C25H26N4O2S/c1-27-13-12-26-24(27)25(31)14-17-10-11-18(15-25)28(17)16-23(30)29-19-6-2-4-8-21(19)32-22-9-5-3-7-20(22)29/h2-9,12-13,17-18,31H,10-11,14-16H2,1H3/t17-,18-/m0/s1. The Balaban J connectivity index is 1.28. The summed E-state index contributed by atoms with van der Waals surface area (Å²) in [6.07, 6.45) is 6.87. The lowest BCUT2D eigenvalue weighted by Crippen LogP contribution is -2.53. The van der Waals surface area contributed by atoms with Gasteiger partial charge in [0.1, 0.15) is 11.4 Å². The summed E-state index contributed by atoms with van der Waals surface area (Å²) in [4.78, 5) is 24.6. The van der Waals surface area contributed by atoms with E-state index in [2.05, 4.69) is 22.0 Å². The molecule has 7 heteroatoms. The van der Waals surface area contributed by atoms with E-state index >= 15 is 0 Å².